The van der Waals surface area contributed by atoms with E-state index >= 15 is 0 Å². The molecule has 7 heteroatoms. The SMILES string of the molecule is COC(=O)Nc1nccc2cc(NCc3ccnc(OC)c3)ccc12. The zero-order valence-electron chi connectivity index (χ0n) is 13.9. The summed E-state index contributed by atoms with van der Waals surface area (Å²) in [5, 5.41) is 7.77. The quantitative estimate of drug-likeness (QED) is 0.741. The molecule has 3 aromatic rings. The molecule has 0 atom stereocenters. The molecule has 0 saturated heterocycles. The molecule has 0 bridgehead atoms. The van der Waals surface area contributed by atoms with Gasteiger partial charge in [-0.25, -0.2) is 14.8 Å². The molecule has 7 nitrogen and oxygen atoms in total. The Morgan fingerprint density at radius 2 is 1.92 bits per heavy atom. The van der Waals surface area contributed by atoms with E-state index < -0.39 is 6.09 Å². The number of aromatic nitrogens is 2. The van der Waals surface area contributed by atoms with Crippen LogP contribution >= 0.6 is 0 Å². The molecule has 0 aliphatic carbocycles. The molecule has 0 unspecified atom stereocenters. The molecule has 1 aromatic carbocycles. The number of pyridine rings is 2. The van der Waals surface area contributed by atoms with Gasteiger partial charge < -0.3 is 14.8 Å². The van der Waals surface area contributed by atoms with Gasteiger partial charge in [0.25, 0.3) is 0 Å². The number of methoxy groups -OCH3 is 2. The minimum atomic E-state index is -0.547. The first-order valence-corrected chi connectivity index (χ1v) is 7.66. The summed E-state index contributed by atoms with van der Waals surface area (Å²) >= 11 is 0. The van der Waals surface area contributed by atoms with E-state index in [2.05, 4.69) is 25.3 Å². The number of benzene rings is 1. The van der Waals surface area contributed by atoms with E-state index in [1.54, 1.807) is 19.5 Å². The largest absolute Gasteiger partial charge is 0.481 e. The van der Waals surface area contributed by atoms with Crippen molar-refractivity contribution in [2.75, 3.05) is 24.9 Å². The molecule has 2 N–H and O–H groups in total. The highest BCUT2D eigenvalue weighted by Gasteiger charge is 2.07. The molecule has 25 heavy (non-hydrogen) atoms. The molecular weight excluding hydrogens is 320 g/mol. The lowest BCUT2D eigenvalue weighted by atomic mass is 10.1. The van der Waals surface area contributed by atoms with Crippen molar-refractivity contribution in [3.63, 3.8) is 0 Å². The first-order valence-electron chi connectivity index (χ1n) is 7.66. The minimum Gasteiger partial charge on any atom is -0.481 e. The number of hydrogen-bond acceptors (Lipinski definition) is 6. The first kappa shape index (κ1) is 16.5. The summed E-state index contributed by atoms with van der Waals surface area (Å²) in [6.07, 6.45) is 2.81. The average molecular weight is 338 g/mol. The Balaban J connectivity index is 1.78. The number of hydrogen-bond donors (Lipinski definition) is 2. The Morgan fingerprint density at radius 3 is 2.72 bits per heavy atom. The number of amides is 1. The Labute approximate surface area is 145 Å². The van der Waals surface area contributed by atoms with Gasteiger partial charge in [-0.05, 0) is 41.3 Å². The lowest BCUT2D eigenvalue weighted by Crippen LogP contribution is -2.12. The summed E-state index contributed by atoms with van der Waals surface area (Å²) in [6.45, 7) is 0.642. The van der Waals surface area contributed by atoms with Gasteiger partial charge in [0.05, 0.1) is 14.2 Å². The second-order valence-electron chi connectivity index (χ2n) is 5.27. The van der Waals surface area contributed by atoms with Crippen molar-refractivity contribution in [3.8, 4) is 5.88 Å². The van der Waals surface area contributed by atoms with Gasteiger partial charge in [-0.2, -0.15) is 0 Å². The lowest BCUT2D eigenvalue weighted by molar-refractivity contribution is 0.187. The van der Waals surface area contributed by atoms with Gasteiger partial charge in [0.15, 0.2) is 0 Å². The molecule has 3 rings (SSSR count). The highest BCUT2D eigenvalue weighted by molar-refractivity contribution is 5.99. The summed E-state index contributed by atoms with van der Waals surface area (Å²) in [5.41, 5.74) is 2.02. The fourth-order valence-corrected chi connectivity index (χ4v) is 2.41. The number of fused-ring (bicyclic) bond motifs is 1. The van der Waals surface area contributed by atoms with Gasteiger partial charge in [0, 0.05) is 36.1 Å². The molecule has 1 amide bonds. The summed E-state index contributed by atoms with van der Waals surface area (Å²) in [7, 11) is 2.91. The normalized spacial score (nSPS) is 10.3. The second kappa shape index (κ2) is 7.48. The third kappa shape index (κ3) is 3.95. The first-order chi connectivity index (χ1) is 12.2. The van der Waals surface area contributed by atoms with Crippen molar-refractivity contribution in [1.29, 1.82) is 0 Å². The zero-order chi connectivity index (χ0) is 17.6. The van der Waals surface area contributed by atoms with Crippen LogP contribution in [-0.2, 0) is 11.3 Å². The summed E-state index contributed by atoms with van der Waals surface area (Å²) < 4.78 is 9.74. The van der Waals surface area contributed by atoms with E-state index in [1.165, 1.54) is 7.11 Å². The molecule has 0 aliphatic heterocycles. The Bertz CT molecular complexity index is 898. The smallest absolute Gasteiger partial charge is 0.412 e. The summed E-state index contributed by atoms with van der Waals surface area (Å²) in [6, 6.07) is 11.5. The van der Waals surface area contributed by atoms with Crippen LogP contribution in [0, 0.1) is 0 Å². The van der Waals surface area contributed by atoms with Crippen LogP contribution in [0.3, 0.4) is 0 Å². The summed E-state index contributed by atoms with van der Waals surface area (Å²) in [5.74, 6) is 1.05. The number of ether oxygens (including phenoxy) is 2. The van der Waals surface area contributed by atoms with Gasteiger partial charge in [-0.15, -0.1) is 0 Å². The fraction of sp³-hybridized carbons (Fsp3) is 0.167. The Kier molecular flexibility index (Phi) is 4.94. The number of carbonyl (C=O) groups excluding carboxylic acids is 1. The van der Waals surface area contributed by atoms with E-state index in [-0.39, 0.29) is 0 Å². The van der Waals surface area contributed by atoms with E-state index in [4.69, 9.17) is 4.74 Å². The van der Waals surface area contributed by atoms with Crippen molar-refractivity contribution >= 4 is 28.4 Å². The van der Waals surface area contributed by atoms with Crippen molar-refractivity contribution in [3.05, 3.63) is 54.4 Å². The van der Waals surface area contributed by atoms with Crippen LogP contribution in [0.4, 0.5) is 16.3 Å². The molecular formula is C18H18N4O3. The van der Waals surface area contributed by atoms with Crippen molar-refractivity contribution in [2.45, 2.75) is 6.54 Å². The maximum absolute atomic E-state index is 11.4. The number of anilines is 2. The van der Waals surface area contributed by atoms with Gasteiger partial charge in [0.2, 0.25) is 5.88 Å². The van der Waals surface area contributed by atoms with Crippen LogP contribution in [0.15, 0.2) is 48.8 Å². The van der Waals surface area contributed by atoms with Crippen LogP contribution in [0.5, 0.6) is 5.88 Å². The topological polar surface area (TPSA) is 85.4 Å². The predicted molar refractivity (Wildman–Crippen MR) is 95.9 cm³/mol. The molecule has 2 aromatic heterocycles. The van der Waals surface area contributed by atoms with Crippen molar-refractivity contribution in [1.82, 2.24) is 9.97 Å². The number of carbonyl (C=O) groups is 1. The standard InChI is InChI=1S/C18H18N4O3/c1-24-16-9-12(5-7-19-16)11-21-14-3-4-15-13(10-14)6-8-20-17(15)22-18(23)25-2/h3-10,21H,11H2,1-2H3,(H,20,22,23). The van der Waals surface area contributed by atoms with E-state index in [0.29, 0.717) is 18.2 Å². The van der Waals surface area contributed by atoms with Crippen LogP contribution < -0.4 is 15.4 Å². The summed E-state index contributed by atoms with van der Waals surface area (Å²) in [4.78, 5) is 19.7. The Hall–Kier alpha value is -3.35. The van der Waals surface area contributed by atoms with Crippen LogP contribution in [0.1, 0.15) is 5.56 Å². The van der Waals surface area contributed by atoms with E-state index in [1.807, 2.05) is 36.4 Å². The fourth-order valence-electron chi connectivity index (χ4n) is 2.41. The molecule has 0 fully saturated rings. The number of nitrogens with zero attached hydrogens (tertiary/aromatic N) is 2. The number of nitrogens with one attached hydrogen (secondary N) is 2. The van der Waals surface area contributed by atoms with E-state index in [0.717, 1.165) is 22.0 Å². The number of rotatable bonds is 5. The Morgan fingerprint density at radius 1 is 1.08 bits per heavy atom. The van der Waals surface area contributed by atoms with Crippen molar-refractivity contribution in [2.24, 2.45) is 0 Å². The van der Waals surface area contributed by atoms with E-state index in [9.17, 15) is 4.79 Å². The van der Waals surface area contributed by atoms with Crippen LogP contribution in [-0.4, -0.2) is 30.3 Å². The van der Waals surface area contributed by atoms with Crippen molar-refractivity contribution < 1.29 is 14.3 Å². The molecule has 0 radical (unpaired) electrons. The van der Waals surface area contributed by atoms with Gasteiger partial charge >= 0.3 is 6.09 Å². The predicted octanol–water partition coefficient (Wildman–Crippen LogP) is 3.43. The van der Waals surface area contributed by atoms with Crippen LogP contribution in [0.25, 0.3) is 10.8 Å². The maximum atomic E-state index is 11.4. The molecule has 2 heterocycles. The van der Waals surface area contributed by atoms with Gasteiger partial charge in [0.1, 0.15) is 5.82 Å². The lowest BCUT2D eigenvalue weighted by Gasteiger charge is -2.10. The monoisotopic (exact) mass is 338 g/mol. The van der Waals surface area contributed by atoms with Gasteiger partial charge in [-0.1, -0.05) is 0 Å². The molecule has 0 saturated carbocycles. The third-order valence-corrected chi connectivity index (χ3v) is 3.68. The molecule has 0 aliphatic rings. The maximum Gasteiger partial charge on any atom is 0.412 e. The molecule has 128 valence electrons. The van der Waals surface area contributed by atoms with Gasteiger partial charge in [-0.3, -0.25) is 5.32 Å². The molecule has 0 spiro atoms. The average Bonchev–Trinajstić information content (AvgIpc) is 2.66. The second-order valence-corrected chi connectivity index (χ2v) is 5.27. The van der Waals surface area contributed by atoms with Crippen LogP contribution in [0.2, 0.25) is 0 Å². The minimum absolute atomic E-state index is 0.467. The highest BCUT2D eigenvalue weighted by Crippen LogP contribution is 2.25. The third-order valence-electron chi connectivity index (χ3n) is 3.68. The zero-order valence-corrected chi connectivity index (χ0v) is 13.9. The highest BCUT2D eigenvalue weighted by atomic mass is 16.5.